The number of carbonyl (C=O) groups is 2. The van der Waals surface area contributed by atoms with Crippen molar-refractivity contribution in [3.05, 3.63) is 70.6 Å². The molecule has 0 spiro atoms. The average molecular weight is 467 g/mol. The van der Waals surface area contributed by atoms with Crippen LogP contribution in [-0.4, -0.2) is 39.3 Å². The predicted molar refractivity (Wildman–Crippen MR) is 120 cm³/mol. The van der Waals surface area contributed by atoms with Crippen LogP contribution in [0.15, 0.2) is 53.3 Å². The summed E-state index contributed by atoms with van der Waals surface area (Å²) in [6.07, 6.45) is 1.80. The van der Waals surface area contributed by atoms with Crippen molar-refractivity contribution >= 4 is 17.5 Å². The van der Waals surface area contributed by atoms with Crippen LogP contribution in [0.3, 0.4) is 0 Å². The fraction of sp³-hybridized carbons (Fsp3) is 0.333. The van der Waals surface area contributed by atoms with Gasteiger partial charge in [0, 0.05) is 36.8 Å². The molecular formula is C24H23F2N5O3. The van der Waals surface area contributed by atoms with E-state index < -0.39 is 11.7 Å². The first-order valence-corrected chi connectivity index (χ1v) is 11.2. The highest BCUT2D eigenvalue weighted by molar-refractivity contribution is 6.00. The summed E-state index contributed by atoms with van der Waals surface area (Å²) in [5, 5.41) is 7.21. The monoisotopic (exact) mass is 467 g/mol. The molecule has 2 aliphatic rings. The lowest BCUT2D eigenvalue weighted by atomic mass is 10.1. The Balaban J connectivity index is 1.23. The van der Waals surface area contributed by atoms with Crippen LogP contribution < -0.4 is 15.9 Å². The van der Waals surface area contributed by atoms with Crippen molar-refractivity contribution < 1.29 is 18.4 Å². The van der Waals surface area contributed by atoms with Crippen molar-refractivity contribution in [2.24, 2.45) is 5.92 Å². The van der Waals surface area contributed by atoms with Crippen LogP contribution in [-0.2, 0) is 16.1 Å². The maximum atomic E-state index is 13.5. The average Bonchev–Trinajstić information content (AvgIpc) is 3.50. The lowest BCUT2D eigenvalue weighted by molar-refractivity contribution is -0.126. The molecule has 8 nitrogen and oxygen atoms in total. The molecule has 0 radical (unpaired) electrons. The maximum absolute atomic E-state index is 13.5. The zero-order chi connectivity index (χ0) is 23.8. The van der Waals surface area contributed by atoms with Gasteiger partial charge in [0.2, 0.25) is 11.8 Å². The third-order valence-electron chi connectivity index (χ3n) is 6.12. The number of anilines is 1. The SMILES string of the molecule is O=C(NCCn1nc(-c2ccc(F)cc2)n(C2CC2)c1=O)C1CC(=O)N(c2cccc(F)c2)C1. The summed E-state index contributed by atoms with van der Waals surface area (Å²) < 4.78 is 29.7. The van der Waals surface area contributed by atoms with Gasteiger partial charge in [-0.25, -0.2) is 18.3 Å². The molecule has 2 fully saturated rings. The number of hydrogen-bond acceptors (Lipinski definition) is 4. The van der Waals surface area contributed by atoms with E-state index in [0.717, 1.165) is 12.8 Å². The Morgan fingerprint density at radius 3 is 2.53 bits per heavy atom. The van der Waals surface area contributed by atoms with E-state index in [2.05, 4.69) is 10.4 Å². The van der Waals surface area contributed by atoms with Crippen molar-refractivity contribution in [2.75, 3.05) is 18.0 Å². The summed E-state index contributed by atoms with van der Waals surface area (Å²) in [5.41, 5.74) is 0.797. The number of amides is 2. The first-order chi connectivity index (χ1) is 16.4. The molecule has 10 heteroatoms. The van der Waals surface area contributed by atoms with Gasteiger partial charge in [-0.15, -0.1) is 5.10 Å². The molecule has 1 aromatic heterocycles. The molecule has 5 rings (SSSR count). The van der Waals surface area contributed by atoms with E-state index in [1.807, 2.05) is 0 Å². The van der Waals surface area contributed by atoms with Gasteiger partial charge in [0.1, 0.15) is 11.6 Å². The fourth-order valence-corrected chi connectivity index (χ4v) is 4.23. The highest BCUT2D eigenvalue weighted by atomic mass is 19.1. The van der Waals surface area contributed by atoms with Gasteiger partial charge in [0.15, 0.2) is 5.82 Å². The van der Waals surface area contributed by atoms with Crippen molar-refractivity contribution in [1.29, 1.82) is 0 Å². The molecule has 1 saturated carbocycles. The topological polar surface area (TPSA) is 89.2 Å². The van der Waals surface area contributed by atoms with Gasteiger partial charge in [0.25, 0.3) is 0 Å². The Labute approximate surface area is 193 Å². The van der Waals surface area contributed by atoms with Gasteiger partial charge in [-0.1, -0.05) is 6.07 Å². The zero-order valence-corrected chi connectivity index (χ0v) is 18.3. The van der Waals surface area contributed by atoms with E-state index in [9.17, 15) is 23.2 Å². The van der Waals surface area contributed by atoms with Crippen molar-refractivity contribution in [3.63, 3.8) is 0 Å². The number of rotatable bonds is 7. The minimum Gasteiger partial charge on any atom is -0.354 e. The minimum absolute atomic E-state index is 0.0350. The molecule has 2 amide bonds. The Morgan fingerprint density at radius 1 is 1.06 bits per heavy atom. The van der Waals surface area contributed by atoms with Crippen LogP contribution in [0.5, 0.6) is 0 Å². The summed E-state index contributed by atoms with van der Waals surface area (Å²) in [5.74, 6) is -1.45. The molecule has 1 aliphatic heterocycles. The van der Waals surface area contributed by atoms with E-state index in [1.54, 1.807) is 22.8 Å². The van der Waals surface area contributed by atoms with Gasteiger partial charge in [-0.3, -0.25) is 14.2 Å². The van der Waals surface area contributed by atoms with Crippen LogP contribution >= 0.6 is 0 Å². The molecule has 34 heavy (non-hydrogen) atoms. The fourth-order valence-electron chi connectivity index (χ4n) is 4.23. The first-order valence-electron chi connectivity index (χ1n) is 11.2. The second-order valence-corrected chi connectivity index (χ2v) is 8.61. The van der Waals surface area contributed by atoms with E-state index in [-0.39, 0.29) is 55.4 Å². The van der Waals surface area contributed by atoms with Gasteiger partial charge < -0.3 is 10.2 Å². The summed E-state index contributed by atoms with van der Waals surface area (Å²) in [6, 6.07) is 11.6. The normalized spacial score (nSPS) is 17.9. The number of halogens is 2. The second-order valence-electron chi connectivity index (χ2n) is 8.61. The largest absolute Gasteiger partial charge is 0.354 e. The molecule has 176 valence electrons. The molecule has 1 aliphatic carbocycles. The lowest BCUT2D eigenvalue weighted by Crippen LogP contribution is -2.36. The van der Waals surface area contributed by atoms with Crippen LogP contribution in [0.4, 0.5) is 14.5 Å². The van der Waals surface area contributed by atoms with Crippen LogP contribution in [0.25, 0.3) is 11.4 Å². The second kappa shape index (κ2) is 8.85. The lowest BCUT2D eigenvalue weighted by Gasteiger charge is -2.16. The van der Waals surface area contributed by atoms with E-state index >= 15 is 0 Å². The van der Waals surface area contributed by atoms with Gasteiger partial charge >= 0.3 is 5.69 Å². The van der Waals surface area contributed by atoms with Crippen LogP contribution in [0.1, 0.15) is 25.3 Å². The van der Waals surface area contributed by atoms with Gasteiger partial charge in [-0.05, 0) is 55.3 Å². The van der Waals surface area contributed by atoms with Crippen LogP contribution in [0.2, 0.25) is 0 Å². The van der Waals surface area contributed by atoms with Crippen molar-refractivity contribution in [2.45, 2.75) is 31.8 Å². The highest BCUT2D eigenvalue weighted by Gasteiger charge is 2.35. The Kier molecular flexibility index (Phi) is 5.72. The third-order valence-corrected chi connectivity index (χ3v) is 6.12. The first kappa shape index (κ1) is 22.0. The minimum atomic E-state index is -0.564. The van der Waals surface area contributed by atoms with Gasteiger partial charge in [0.05, 0.1) is 12.5 Å². The molecule has 1 atom stereocenters. The molecule has 1 unspecified atom stereocenters. The number of carbonyl (C=O) groups excluding carboxylic acids is 2. The van der Waals surface area contributed by atoms with Crippen molar-refractivity contribution in [1.82, 2.24) is 19.7 Å². The Bertz CT molecular complexity index is 1300. The molecule has 1 saturated heterocycles. The van der Waals surface area contributed by atoms with E-state index in [0.29, 0.717) is 17.1 Å². The number of hydrogen-bond donors (Lipinski definition) is 1. The smallest absolute Gasteiger partial charge is 0.346 e. The summed E-state index contributed by atoms with van der Waals surface area (Å²) in [6.45, 7) is 0.486. The van der Waals surface area contributed by atoms with Crippen molar-refractivity contribution in [3.8, 4) is 11.4 Å². The van der Waals surface area contributed by atoms with E-state index in [4.69, 9.17) is 0 Å². The highest BCUT2D eigenvalue weighted by Crippen LogP contribution is 2.36. The van der Waals surface area contributed by atoms with E-state index in [1.165, 1.54) is 39.9 Å². The Morgan fingerprint density at radius 2 is 1.82 bits per heavy atom. The van der Waals surface area contributed by atoms with Crippen LogP contribution in [0, 0.1) is 17.6 Å². The third kappa shape index (κ3) is 4.35. The van der Waals surface area contributed by atoms with Gasteiger partial charge in [-0.2, -0.15) is 0 Å². The predicted octanol–water partition coefficient (Wildman–Crippen LogP) is 2.49. The maximum Gasteiger partial charge on any atom is 0.346 e. The molecule has 1 N–H and O–H groups in total. The molecule has 3 aromatic rings. The quantitative estimate of drug-likeness (QED) is 0.578. The number of benzene rings is 2. The summed E-state index contributed by atoms with van der Waals surface area (Å²) >= 11 is 0. The number of aromatic nitrogens is 3. The molecule has 2 aromatic carbocycles. The molecule has 2 heterocycles. The number of nitrogens with zero attached hydrogens (tertiary/aromatic N) is 4. The summed E-state index contributed by atoms with van der Waals surface area (Å²) in [7, 11) is 0. The molecule has 0 bridgehead atoms. The molecular weight excluding hydrogens is 444 g/mol. The summed E-state index contributed by atoms with van der Waals surface area (Å²) in [4.78, 5) is 39.3. The zero-order valence-electron chi connectivity index (χ0n) is 18.3. The number of nitrogens with one attached hydrogen (secondary N) is 1. The Hall–Kier alpha value is -3.82. The standard InChI is InChI=1S/C24H23F2N5O3/c25-17-6-4-15(5-7-17)22-28-30(24(34)31(22)19-8-9-19)11-10-27-23(33)16-12-21(32)29(14-16)20-3-1-2-18(26)13-20/h1-7,13,16,19H,8-12,14H2,(H,27,33).